The highest BCUT2D eigenvalue weighted by Crippen LogP contribution is 1.89. The van der Waals surface area contributed by atoms with Gasteiger partial charge in [0.15, 0.2) is 0 Å². The van der Waals surface area contributed by atoms with Crippen LogP contribution in [0.2, 0.25) is 0 Å². The van der Waals surface area contributed by atoms with E-state index in [1.807, 2.05) is 6.08 Å². The Morgan fingerprint density at radius 3 is 2.45 bits per heavy atom. The van der Waals surface area contributed by atoms with Gasteiger partial charge >= 0.3 is 0 Å². The van der Waals surface area contributed by atoms with Crippen molar-refractivity contribution in [3.05, 3.63) is 12.3 Å². The normalized spacial score (nSPS) is 12.4. The second-order valence-electron chi connectivity index (χ2n) is 3.44. The first-order chi connectivity index (χ1) is 5.06. The number of rotatable bonds is 5. The number of likely N-dealkylation sites (N-methyl/N-ethyl adjacent to an activating group) is 1. The van der Waals surface area contributed by atoms with Crippen LogP contribution in [0.25, 0.3) is 0 Å². The molecule has 0 fully saturated rings. The molecule has 0 saturated carbocycles. The lowest BCUT2D eigenvalue weighted by Crippen LogP contribution is -2.37. The average Bonchev–Trinajstić information content (AvgIpc) is 1.85. The third kappa shape index (κ3) is 9.85. The highest BCUT2D eigenvalue weighted by atomic mass is 32.1. The highest BCUT2D eigenvalue weighted by Gasteiger charge is 2.04. The van der Waals surface area contributed by atoms with E-state index in [1.54, 1.807) is 6.26 Å². The molecule has 3 heteroatoms. The Labute approximate surface area is 74.8 Å². The quantitative estimate of drug-likeness (QED) is 0.286. The molecule has 0 aromatic heterocycles. The standard InChI is InChI=1S/C8H17NOS/c1-9(2,3)5-7-10-6-4-8-11/h4,6H,5,7-8H2,1-3H3/p+1. The summed E-state index contributed by atoms with van der Waals surface area (Å²) < 4.78 is 6.14. The van der Waals surface area contributed by atoms with Crippen molar-refractivity contribution in [3.8, 4) is 0 Å². The molecule has 0 heterocycles. The average molecular weight is 176 g/mol. The maximum absolute atomic E-state index is 5.20. The molecule has 66 valence electrons. The van der Waals surface area contributed by atoms with Gasteiger partial charge in [-0.1, -0.05) is 0 Å². The second kappa shape index (κ2) is 5.49. The fraction of sp³-hybridized carbons (Fsp3) is 0.750. The molecule has 0 N–H and O–H groups in total. The maximum atomic E-state index is 5.20. The largest absolute Gasteiger partial charge is 0.496 e. The number of quaternary nitrogens is 1. The summed E-state index contributed by atoms with van der Waals surface area (Å²) in [5.41, 5.74) is 0. The molecule has 0 bridgehead atoms. The van der Waals surface area contributed by atoms with Crippen LogP contribution in [-0.4, -0.2) is 44.5 Å². The van der Waals surface area contributed by atoms with E-state index in [-0.39, 0.29) is 0 Å². The van der Waals surface area contributed by atoms with Gasteiger partial charge in [-0.05, 0) is 6.08 Å². The Morgan fingerprint density at radius 2 is 2.00 bits per heavy atom. The predicted octanol–water partition coefficient (Wildman–Crippen LogP) is 1.15. The molecule has 0 aromatic rings. The van der Waals surface area contributed by atoms with E-state index in [0.717, 1.165) is 23.4 Å². The van der Waals surface area contributed by atoms with Gasteiger partial charge < -0.3 is 9.22 Å². The number of hydrogen-bond donors (Lipinski definition) is 1. The molecule has 0 rings (SSSR count). The SMILES string of the molecule is C[N+](C)(C)CCOC=CCS. The third-order valence-corrected chi connectivity index (χ3v) is 1.39. The molecule has 0 aliphatic carbocycles. The summed E-state index contributed by atoms with van der Waals surface area (Å²) in [5, 5.41) is 0. The summed E-state index contributed by atoms with van der Waals surface area (Å²) in [5.74, 6) is 0.740. The van der Waals surface area contributed by atoms with Gasteiger partial charge in [-0.25, -0.2) is 0 Å². The van der Waals surface area contributed by atoms with Crippen molar-refractivity contribution >= 4 is 12.6 Å². The van der Waals surface area contributed by atoms with Crippen molar-refractivity contribution in [1.29, 1.82) is 0 Å². The highest BCUT2D eigenvalue weighted by molar-refractivity contribution is 7.80. The lowest BCUT2D eigenvalue weighted by molar-refractivity contribution is -0.870. The van der Waals surface area contributed by atoms with E-state index in [4.69, 9.17) is 4.74 Å². The Kier molecular flexibility index (Phi) is 5.42. The van der Waals surface area contributed by atoms with Crippen molar-refractivity contribution in [2.24, 2.45) is 0 Å². The maximum Gasteiger partial charge on any atom is 0.136 e. The van der Waals surface area contributed by atoms with Crippen molar-refractivity contribution < 1.29 is 9.22 Å². The van der Waals surface area contributed by atoms with Gasteiger partial charge in [-0.2, -0.15) is 12.6 Å². The fourth-order valence-corrected chi connectivity index (χ4v) is 0.592. The van der Waals surface area contributed by atoms with Crippen LogP contribution in [0.15, 0.2) is 12.3 Å². The topological polar surface area (TPSA) is 9.23 Å². The lowest BCUT2D eigenvalue weighted by atomic mass is 10.5. The van der Waals surface area contributed by atoms with Gasteiger partial charge in [0, 0.05) is 5.75 Å². The zero-order chi connectivity index (χ0) is 8.74. The number of ether oxygens (including phenoxy) is 1. The molecular weight excluding hydrogens is 158 g/mol. The molecular formula is C8H18NOS+. The Hall–Kier alpha value is -0.150. The van der Waals surface area contributed by atoms with E-state index >= 15 is 0 Å². The first kappa shape index (κ1) is 10.8. The van der Waals surface area contributed by atoms with Crippen molar-refractivity contribution in [2.45, 2.75) is 0 Å². The minimum Gasteiger partial charge on any atom is -0.496 e. The molecule has 0 aliphatic heterocycles. The first-order valence-electron chi connectivity index (χ1n) is 3.74. The molecule has 0 amide bonds. The van der Waals surface area contributed by atoms with Gasteiger partial charge in [0.2, 0.25) is 0 Å². The molecule has 0 aliphatic rings. The summed E-state index contributed by atoms with van der Waals surface area (Å²) in [6.07, 6.45) is 3.60. The molecule has 0 radical (unpaired) electrons. The van der Waals surface area contributed by atoms with E-state index in [0.29, 0.717) is 0 Å². The summed E-state index contributed by atoms with van der Waals surface area (Å²) in [6.45, 7) is 1.80. The van der Waals surface area contributed by atoms with E-state index in [2.05, 4.69) is 33.8 Å². The minimum absolute atomic E-state index is 0.740. The van der Waals surface area contributed by atoms with Crippen LogP contribution in [0.1, 0.15) is 0 Å². The van der Waals surface area contributed by atoms with Crippen LogP contribution < -0.4 is 0 Å². The predicted molar refractivity (Wildman–Crippen MR) is 51.8 cm³/mol. The number of hydrogen-bond acceptors (Lipinski definition) is 2. The zero-order valence-corrected chi connectivity index (χ0v) is 8.47. The van der Waals surface area contributed by atoms with Gasteiger partial charge in [0.05, 0.1) is 27.4 Å². The molecule has 0 saturated heterocycles. The minimum atomic E-state index is 0.740. The molecule has 0 aromatic carbocycles. The molecule has 2 nitrogen and oxygen atoms in total. The molecule has 0 atom stereocenters. The smallest absolute Gasteiger partial charge is 0.136 e. The van der Waals surface area contributed by atoms with Crippen LogP contribution in [0.4, 0.5) is 0 Å². The molecule has 0 spiro atoms. The summed E-state index contributed by atoms with van der Waals surface area (Å²) >= 11 is 4.01. The van der Waals surface area contributed by atoms with Crippen molar-refractivity contribution in [2.75, 3.05) is 40.0 Å². The van der Waals surface area contributed by atoms with Gasteiger partial charge in [-0.3, -0.25) is 0 Å². The summed E-state index contributed by atoms with van der Waals surface area (Å²) in [6, 6.07) is 0. The monoisotopic (exact) mass is 176 g/mol. The van der Waals surface area contributed by atoms with Crippen molar-refractivity contribution in [3.63, 3.8) is 0 Å². The third-order valence-electron chi connectivity index (χ3n) is 1.18. The molecule has 0 unspecified atom stereocenters. The van der Waals surface area contributed by atoms with E-state index in [9.17, 15) is 0 Å². The Morgan fingerprint density at radius 1 is 1.36 bits per heavy atom. The van der Waals surface area contributed by atoms with Crippen LogP contribution in [0, 0.1) is 0 Å². The Balaban J connectivity index is 3.21. The lowest BCUT2D eigenvalue weighted by Gasteiger charge is -2.22. The van der Waals surface area contributed by atoms with Crippen LogP contribution in [-0.2, 0) is 4.74 Å². The van der Waals surface area contributed by atoms with Crippen LogP contribution >= 0.6 is 12.6 Å². The van der Waals surface area contributed by atoms with Gasteiger partial charge in [0.1, 0.15) is 13.2 Å². The second-order valence-corrected chi connectivity index (χ2v) is 3.80. The van der Waals surface area contributed by atoms with Crippen LogP contribution in [0.5, 0.6) is 0 Å². The van der Waals surface area contributed by atoms with E-state index < -0.39 is 0 Å². The van der Waals surface area contributed by atoms with Crippen LogP contribution in [0.3, 0.4) is 0 Å². The fourth-order valence-electron chi connectivity index (χ4n) is 0.506. The Bertz CT molecular complexity index is 118. The summed E-state index contributed by atoms with van der Waals surface area (Å²) in [7, 11) is 6.43. The van der Waals surface area contributed by atoms with Crippen molar-refractivity contribution in [1.82, 2.24) is 0 Å². The number of nitrogens with zero attached hydrogens (tertiary/aromatic N) is 1. The van der Waals surface area contributed by atoms with Gasteiger partial charge in [-0.15, -0.1) is 0 Å². The zero-order valence-electron chi connectivity index (χ0n) is 7.58. The van der Waals surface area contributed by atoms with Gasteiger partial charge in [0.25, 0.3) is 0 Å². The first-order valence-corrected chi connectivity index (χ1v) is 4.37. The number of thiol groups is 1. The van der Waals surface area contributed by atoms with E-state index in [1.165, 1.54) is 0 Å². The summed E-state index contributed by atoms with van der Waals surface area (Å²) in [4.78, 5) is 0. The molecule has 11 heavy (non-hydrogen) atoms.